The van der Waals surface area contributed by atoms with Gasteiger partial charge in [-0.3, -0.25) is 4.57 Å². The monoisotopic (exact) mass is 1160 g/mol. The van der Waals surface area contributed by atoms with Crippen molar-refractivity contribution >= 4 is 76.2 Å². The molecule has 10 aromatic carbocycles. The van der Waals surface area contributed by atoms with Gasteiger partial charge >= 0.3 is 0 Å². The molecular formula is C70H49N5Pt-2. The molecule has 0 radical (unpaired) electrons. The smallest absolute Gasteiger partial charge is 0.268 e. The van der Waals surface area contributed by atoms with Gasteiger partial charge in [-0.1, -0.05) is 231 Å². The largest absolute Gasteiger partial charge is 0.358 e. The predicted octanol–water partition coefficient (Wildman–Crippen LogP) is 17.0. The molecule has 5 nitrogen and oxygen atoms in total. The number of rotatable bonds is 6. The van der Waals surface area contributed by atoms with Crippen LogP contribution < -0.4 is 4.57 Å². The number of pyridine rings is 1. The van der Waals surface area contributed by atoms with Gasteiger partial charge in [0, 0.05) is 43.7 Å². The van der Waals surface area contributed by atoms with Crippen molar-refractivity contribution < 1.29 is 39.3 Å². The number of hydrogen-bond donors (Lipinski definition) is 0. The van der Waals surface area contributed by atoms with Crippen molar-refractivity contribution in [1.82, 2.24) is 18.7 Å². The van der Waals surface area contributed by atoms with E-state index < -0.39 is 60.4 Å². The van der Waals surface area contributed by atoms with Crippen LogP contribution in [0.5, 0.6) is 0 Å². The average molecular weight is 1170 g/mol. The minimum absolute atomic E-state index is 0. The third-order valence-corrected chi connectivity index (χ3v) is 14.3. The summed E-state index contributed by atoms with van der Waals surface area (Å²) in [6.07, 6.45) is 5.47. The summed E-state index contributed by atoms with van der Waals surface area (Å²) in [5.41, 5.74) is 6.91. The molecule has 0 aliphatic rings. The summed E-state index contributed by atoms with van der Waals surface area (Å²) in [5, 5.41) is 7.92. The molecule has 0 unspecified atom stereocenters. The van der Waals surface area contributed by atoms with Crippen LogP contribution in [0, 0.1) is 18.5 Å². The van der Waals surface area contributed by atoms with Crippen LogP contribution in [0.2, 0.25) is 0 Å². The van der Waals surface area contributed by atoms with E-state index in [0.29, 0.717) is 22.2 Å². The number of benzene rings is 10. The van der Waals surface area contributed by atoms with Gasteiger partial charge in [-0.15, -0.1) is 29.0 Å². The Labute approximate surface area is 469 Å². The van der Waals surface area contributed by atoms with Gasteiger partial charge in [-0.05, 0) is 84.7 Å². The van der Waals surface area contributed by atoms with Crippen LogP contribution in [0.25, 0.3) is 121 Å². The van der Waals surface area contributed by atoms with Crippen molar-refractivity contribution in [3.63, 3.8) is 0 Å². The SMILES string of the molecule is [2H]c1c([2H])c([2H])c(-c2cccc(-c3c([2H])c([2H])c([2H])c([2H])c3[2H])c2-[n+]2[c-]n(-c3[c-]c4c(cc3)c3ccccc3c3ccccc3c3ccccc3n4-c3[c-]c4c(cc3)c3ccccc3n4-c3cc(C(C)(C)C)ccn3)c3ccccc32)c([2H])c1[2H].[Pt]. The zero-order valence-electron chi connectivity index (χ0n) is 51.4. The van der Waals surface area contributed by atoms with Crippen LogP contribution in [0.4, 0.5) is 0 Å². The maximum atomic E-state index is 9.25. The Morgan fingerprint density at radius 3 is 1.55 bits per heavy atom. The molecule has 0 fully saturated rings. The minimum Gasteiger partial charge on any atom is -0.358 e. The van der Waals surface area contributed by atoms with E-state index in [2.05, 4.69) is 158 Å². The first-order valence-corrected chi connectivity index (χ1v) is 24.8. The molecule has 0 aliphatic heterocycles. The maximum absolute atomic E-state index is 9.25. The first kappa shape index (κ1) is 36.9. The van der Waals surface area contributed by atoms with Gasteiger partial charge in [0.05, 0.1) is 30.4 Å². The van der Waals surface area contributed by atoms with Crippen LogP contribution in [-0.4, -0.2) is 18.7 Å². The Morgan fingerprint density at radius 2 is 0.934 bits per heavy atom. The van der Waals surface area contributed by atoms with Gasteiger partial charge in [0.15, 0.2) is 0 Å². The molecule has 0 amide bonds. The van der Waals surface area contributed by atoms with E-state index in [0.717, 1.165) is 76.7 Å². The first-order valence-electron chi connectivity index (χ1n) is 29.8. The van der Waals surface area contributed by atoms with E-state index in [9.17, 15) is 5.48 Å². The number of hydrogen-bond acceptors (Lipinski definition) is 1. The predicted molar refractivity (Wildman–Crippen MR) is 310 cm³/mol. The molecule has 76 heavy (non-hydrogen) atoms. The van der Waals surface area contributed by atoms with E-state index in [4.69, 9.17) is 13.2 Å². The summed E-state index contributed by atoms with van der Waals surface area (Å²) >= 11 is 0. The van der Waals surface area contributed by atoms with E-state index in [1.165, 1.54) is 0 Å². The molecular weight excluding hydrogens is 1110 g/mol. The number of nitrogens with zero attached hydrogens (tertiary/aromatic N) is 5. The molecule has 0 spiro atoms. The standard InChI is InChI=1S/C70H49N5.Pt/c1-70(2,3)49-41-42-71-68(43-49)75-63-34-17-15-30-59(63)61-40-38-51(45-67(61)75)74-62-33-16-14-29-58(62)56-27-12-10-25-54(56)55-26-11-13-28-57(55)60-39-37-50(44-66(60)74)72-46-73(65-36-19-18-35-64(65)72)69-52(47-21-6-4-7-22-47)31-20-32-53(69)48-23-8-5-9-24-48;/h4-43H,1-3H3;/q-2;/i4D,5D,6D,7D,8D,9D,21D,22D,23D,24D;. The molecule has 4 heterocycles. The van der Waals surface area contributed by atoms with Crippen LogP contribution in [0.3, 0.4) is 0 Å². The fourth-order valence-corrected chi connectivity index (χ4v) is 10.8. The first-order chi connectivity index (χ1) is 41.0. The van der Waals surface area contributed by atoms with Crippen molar-refractivity contribution in [3.05, 3.63) is 267 Å². The Balaban J connectivity index is 0.00000686. The van der Waals surface area contributed by atoms with E-state index in [1.807, 2.05) is 59.3 Å². The second-order valence-corrected chi connectivity index (χ2v) is 19.6. The van der Waals surface area contributed by atoms with E-state index in [-0.39, 0.29) is 54.4 Å². The van der Waals surface area contributed by atoms with Gasteiger partial charge in [-0.2, -0.15) is 18.2 Å². The normalized spacial score (nSPS) is 13.6. The van der Waals surface area contributed by atoms with Gasteiger partial charge in [0.2, 0.25) is 0 Å². The van der Waals surface area contributed by atoms with Crippen molar-refractivity contribution in [3.8, 4) is 45.1 Å². The Kier molecular flexibility index (Phi) is 9.13. The average Bonchev–Trinajstić information content (AvgIpc) is 1.60. The van der Waals surface area contributed by atoms with Crippen LogP contribution >= 0.6 is 0 Å². The maximum Gasteiger partial charge on any atom is 0.268 e. The number of imidazole rings is 1. The zero-order chi connectivity index (χ0) is 58.9. The van der Waals surface area contributed by atoms with E-state index in [1.54, 1.807) is 22.8 Å². The van der Waals surface area contributed by atoms with Gasteiger partial charge < -0.3 is 13.7 Å². The molecule has 14 rings (SSSR count). The van der Waals surface area contributed by atoms with Crippen molar-refractivity contribution in [2.75, 3.05) is 0 Å². The van der Waals surface area contributed by atoms with Crippen LogP contribution in [-0.2, 0) is 26.5 Å². The topological polar surface area (TPSA) is 31.6 Å². The Bertz CT molecular complexity index is 5130. The van der Waals surface area contributed by atoms with Crippen molar-refractivity contribution in [2.45, 2.75) is 26.2 Å². The molecule has 0 saturated carbocycles. The summed E-state index contributed by atoms with van der Waals surface area (Å²) in [4.78, 5) is 5.01. The van der Waals surface area contributed by atoms with E-state index >= 15 is 0 Å². The molecule has 0 bridgehead atoms. The molecule has 4 aromatic heterocycles. The summed E-state index contributed by atoms with van der Waals surface area (Å²) in [5.74, 6) is 0.764. The molecule has 6 heteroatoms. The molecule has 0 aliphatic carbocycles. The molecule has 366 valence electrons. The summed E-state index contributed by atoms with van der Waals surface area (Å²) in [6.45, 7) is 6.59. The van der Waals surface area contributed by atoms with Crippen LogP contribution in [0.15, 0.2) is 243 Å². The molecule has 0 saturated heterocycles. The number of fused-ring (bicyclic) bond motifs is 11. The van der Waals surface area contributed by atoms with Crippen LogP contribution in [0.1, 0.15) is 40.0 Å². The molecule has 14 aromatic rings. The van der Waals surface area contributed by atoms with Gasteiger partial charge in [-0.25, -0.2) is 4.98 Å². The zero-order valence-corrected chi connectivity index (χ0v) is 43.6. The summed E-state index contributed by atoms with van der Waals surface area (Å²) < 4.78 is 97.0. The van der Waals surface area contributed by atoms with Gasteiger partial charge in [0.25, 0.3) is 6.33 Å². The third kappa shape index (κ3) is 7.73. The number of aromatic nitrogens is 5. The number of para-hydroxylation sites is 5. The van der Waals surface area contributed by atoms with Crippen molar-refractivity contribution in [2.24, 2.45) is 0 Å². The minimum atomic E-state index is -0.575. The fraction of sp³-hybridized carbons (Fsp3) is 0.0571. The second-order valence-electron chi connectivity index (χ2n) is 19.6. The third-order valence-electron chi connectivity index (χ3n) is 14.3. The fourth-order valence-electron chi connectivity index (χ4n) is 10.8. The Hall–Kier alpha value is -8.89. The second kappa shape index (κ2) is 18.8. The van der Waals surface area contributed by atoms with Crippen molar-refractivity contribution in [1.29, 1.82) is 0 Å². The summed E-state index contributed by atoms with van der Waals surface area (Å²) in [6, 6.07) is 61.1. The van der Waals surface area contributed by atoms with Gasteiger partial charge in [0.1, 0.15) is 5.82 Å². The Morgan fingerprint density at radius 1 is 0.461 bits per heavy atom. The molecule has 0 N–H and O–H groups in total. The summed E-state index contributed by atoms with van der Waals surface area (Å²) in [7, 11) is 0. The molecule has 0 atom stereocenters. The quantitative estimate of drug-likeness (QED) is 0.121.